The monoisotopic (exact) mass is 337 g/mol. The number of fused-ring (bicyclic) bond motifs is 1. The predicted octanol–water partition coefficient (Wildman–Crippen LogP) is 2.57. The number of carbonyl (C=O) groups excluding carboxylic acids is 1. The molecule has 0 saturated heterocycles. The molecule has 136 valence electrons. The average molecular weight is 337 g/mol. The van der Waals surface area contributed by atoms with E-state index in [-0.39, 0.29) is 17.5 Å². The third kappa shape index (κ3) is 4.57. The fraction of sp³-hybridized carbons (Fsp3) is 0.778. The Balaban J connectivity index is 1.97. The smallest absolute Gasteiger partial charge is 0.249 e. The van der Waals surface area contributed by atoms with Gasteiger partial charge in [-0.2, -0.15) is 5.10 Å². The number of rotatable bonds is 7. The van der Waals surface area contributed by atoms with E-state index in [0.29, 0.717) is 19.8 Å². The Hall–Kier alpha value is -1.40. The zero-order valence-corrected chi connectivity index (χ0v) is 15.6. The number of hydrogen-bond acceptors (Lipinski definition) is 4. The Morgan fingerprint density at radius 2 is 2.21 bits per heavy atom. The Kier molecular flexibility index (Phi) is 6.40. The summed E-state index contributed by atoms with van der Waals surface area (Å²) in [6.07, 6.45) is 4.44. The molecule has 0 fully saturated rings. The number of carbonyl (C=O) groups is 1. The van der Waals surface area contributed by atoms with Gasteiger partial charge in [-0.1, -0.05) is 0 Å². The molecule has 0 unspecified atom stereocenters. The molecule has 1 N–H and O–H groups in total. The first-order valence-electron chi connectivity index (χ1n) is 8.91. The van der Waals surface area contributed by atoms with Crippen molar-refractivity contribution in [1.29, 1.82) is 0 Å². The molecule has 1 aromatic heterocycles. The molecule has 1 aromatic rings. The molecule has 1 aliphatic rings. The molecule has 0 aromatic carbocycles. The fourth-order valence-corrected chi connectivity index (χ4v) is 3.08. The summed E-state index contributed by atoms with van der Waals surface area (Å²) in [6.45, 7) is 11.8. The number of hydrogen-bond donors (Lipinski definition) is 1. The van der Waals surface area contributed by atoms with E-state index in [1.54, 1.807) is 6.92 Å². The van der Waals surface area contributed by atoms with Crippen LogP contribution in [0, 0.1) is 0 Å². The second kappa shape index (κ2) is 8.12. The summed E-state index contributed by atoms with van der Waals surface area (Å²) in [4.78, 5) is 12.4. The highest BCUT2D eigenvalue weighted by atomic mass is 16.5. The van der Waals surface area contributed by atoms with Crippen LogP contribution >= 0.6 is 0 Å². The van der Waals surface area contributed by atoms with Crippen LogP contribution in [-0.2, 0) is 26.2 Å². The molecule has 2 atom stereocenters. The summed E-state index contributed by atoms with van der Waals surface area (Å²) in [6, 6.07) is 0.0234. The van der Waals surface area contributed by atoms with E-state index in [4.69, 9.17) is 9.47 Å². The van der Waals surface area contributed by atoms with Gasteiger partial charge in [0.25, 0.3) is 0 Å². The third-order valence-corrected chi connectivity index (χ3v) is 4.30. The van der Waals surface area contributed by atoms with Crippen LogP contribution < -0.4 is 5.32 Å². The zero-order valence-electron chi connectivity index (χ0n) is 15.6. The van der Waals surface area contributed by atoms with Crippen LogP contribution in [0.2, 0.25) is 0 Å². The van der Waals surface area contributed by atoms with Gasteiger partial charge in [-0.3, -0.25) is 9.48 Å². The van der Waals surface area contributed by atoms with Crippen molar-refractivity contribution in [2.24, 2.45) is 0 Å². The molecule has 0 spiro atoms. The van der Waals surface area contributed by atoms with Gasteiger partial charge in [-0.05, 0) is 53.9 Å². The number of ether oxygens (including phenoxy) is 2. The van der Waals surface area contributed by atoms with Crippen LogP contribution in [0.1, 0.15) is 64.8 Å². The maximum atomic E-state index is 12.4. The van der Waals surface area contributed by atoms with Crippen LogP contribution in [0.3, 0.4) is 0 Å². The van der Waals surface area contributed by atoms with Crippen molar-refractivity contribution in [3.63, 3.8) is 0 Å². The lowest BCUT2D eigenvalue weighted by Gasteiger charge is -2.28. The minimum absolute atomic E-state index is 0.0234. The van der Waals surface area contributed by atoms with E-state index < -0.39 is 6.10 Å². The van der Waals surface area contributed by atoms with E-state index >= 15 is 0 Å². The van der Waals surface area contributed by atoms with Crippen LogP contribution in [0.25, 0.3) is 0 Å². The van der Waals surface area contributed by atoms with Gasteiger partial charge in [0.15, 0.2) is 0 Å². The van der Waals surface area contributed by atoms with Gasteiger partial charge in [0.2, 0.25) is 5.91 Å². The Morgan fingerprint density at radius 1 is 1.46 bits per heavy atom. The lowest BCUT2D eigenvalue weighted by Crippen LogP contribution is -2.39. The Morgan fingerprint density at radius 3 is 2.88 bits per heavy atom. The van der Waals surface area contributed by atoms with E-state index in [1.807, 2.05) is 13.1 Å². The highest BCUT2D eigenvalue weighted by Gasteiger charge is 2.29. The highest BCUT2D eigenvalue weighted by Crippen LogP contribution is 2.32. The van der Waals surface area contributed by atoms with Gasteiger partial charge < -0.3 is 14.8 Å². The lowest BCUT2D eigenvalue weighted by atomic mass is 9.92. The molecule has 1 amide bonds. The standard InChI is InChI=1S/C18H31N3O3/c1-6-23-10-11-24-13(2)17(22)20-15-8-7-9-16-14(15)12-19-21(16)18(3,4)5/h12-13,15H,6-11H2,1-5H3,(H,20,22)/t13-,15+/m0/s1. The largest absolute Gasteiger partial charge is 0.379 e. The summed E-state index contributed by atoms with van der Waals surface area (Å²) < 4.78 is 12.8. The average Bonchev–Trinajstić information content (AvgIpc) is 2.96. The van der Waals surface area contributed by atoms with Gasteiger partial charge in [0.05, 0.1) is 31.0 Å². The maximum absolute atomic E-state index is 12.4. The molecule has 2 rings (SSSR count). The van der Waals surface area contributed by atoms with Gasteiger partial charge >= 0.3 is 0 Å². The first kappa shape index (κ1) is 18.9. The molecule has 24 heavy (non-hydrogen) atoms. The maximum Gasteiger partial charge on any atom is 0.249 e. The minimum Gasteiger partial charge on any atom is -0.379 e. The van der Waals surface area contributed by atoms with Crippen molar-refractivity contribution in [3.05, 3.63) is 17.5 Å². The summed E-state index contributed by atoms with van der Waals surface area (Å²) in [5, 5.41) is 7.68. The molecule has 0 radical (unpaired) electrons. The molecular formula is C18H31N3O3. The number of aromatic nitrogens is 2. The summed E-state index contributed by atoms with van der Waals surface area (Å²) in [5.74, 6) is -0.0761. The molecule has 0 bridgehead atoms. The van der Waals surface area contributed by atoms with Crippen LogP contribution in [0.15, 0.2) is 6.20 Å². The normalized spacial score (nSPS) is 19.0. The SMILES string of the molecule is CCOCCO[C@@H](C)C(=O)N[C@@H]1CCCc2c1cnn2C(C)(C)C. The predicted molar refractivity (Wildman–Crippen MR) is 93.0 cm³/mol. The van der Waals surface area contributed by atoms with E-state index in [1.165, 1.54) is 5.69 Å². The van der Waals surface area contributed by atoms with Crippen molar-refractivity contribution < 1.29 is 14.3 Å². The second-order valence-corrected chi connectivity index (χ2v) is 7.29. The van der Waals surface area contributed by atoms with Gasteiger partial charge in [0, 0.05) is 17.9 Å². The molecule has 0 saturated carbocycles. The zero-order chi connectivity index (χ0) is 17.7. The third-order valence-electron chi connectivity index (χ3n) is 4.30. The van der Waals surface area contributed by atoms with Gasteiger partial charge in [-0.25, -0.2) is 0 Å². The Bertz CT molecular complexity index is 548. The fourth-order valence-electron chi connectivity index (χ4n) is 3.08. The summed E-state index contributed by atoms with van der Waals surface area (Å²) >= 11 is 0. The molecule has 1 aliphatic carbocycles. The number of amides is 1. The van der Waals surface area contributed by atoms with E-state index in [0.717, 1.165) is 24.8 Å². The van der Waals surface area contributed by atoms with Gasteiger partial charge in [-0.15, -0.1) is 0 Å². The number of nitrogens with one attached hydrogen (secondary N) is 1. The van der Waals surface area contributed by atoms with Crippen molar-refractivity contribution >= 4 is 5.91 Å². The molecule has 6 nitrogen and oxygen atoms in total. The highest BCUT2D eigenvalue weighted by molar-refractivity contribution is 5.80. The second-order valence-electron chi connectivity index (χ2n) is 7.29. The lowest BCUT2D eigenvalue weighted by molar-refractivity contribution is -0.133. The van der Waals surface area contributed by atoms with Gasteiger partial charge in [0.1, 0.15) is 6.10 Å². The van der Waals surface area contributed by atoms with E-state index in [9.17, 15) is 4.79 Å². The molecule has 0 aliphatic heterocycles. The first-order valence-corrected chi connectivity index (χ1v) is 8.91. The van der Waals surface area contributed by atoms with Crippen molar-refractivity contribution in [2.75, 3.05) is 19.8 Å². The minimum atomic E-state index is -0.478. The quantitative estimate of drug-likeness (QED) is 0.777. The van der Waals surface area contributed by atoms with Crippen molar-refractivity contribution in [3.8, 4) is 0 Å². The van der Waals surface area contributed by atoms with Crippen LogP contribution in [0.5, 0.6) is 0 Å². The summed E-state index contributed by atoms with van der Waals surface area (Å²) in [7, 11) is 0. The molecule has 6 heteroatoms. The number of nitrogens with zero attached hydrogens (tertiary/aromatic N) is 2. The first-order chi connectivity index (χ1) is 11.3. The van der Waals surface area contributed by atoms with Crippen LogP contribution in [0.4, 0.5) is 0 Å². The van der Waals surface area contributed by atoms with E-state index in [2.05, 4.69) is 35.9 Å². The van der Waals surface area contributed by atoms with Crippen LogP contribution in [-0.4, -0.2) is 41.6 Å². The molecule has 1 heterocycles. The van der Waals surface area contributed by atoms with Crippen molar-refractivity contribution in [1.82, 2.24) is 15.1 Å². The summed E-state index contributed by atoms with van der Waals surface area (Å²) in [5.41, 5.74) is 2.34. The topological polar surface area (TPSA) is 65.4 Å². The Labute approximate surface area is 144 Å². The molecular weight excluding hydrogens is 306 g/mol. The van der Waals surface area contributed by atoms with Crippen molar-refractivity contribution in [2.45, 2.75) is 71.6 Å².